The van der Waals surface area contributed by atoms with Crippen LogP contribution in [-0.4, -0.2) is 51.4 Å². The van der Waals surface area contributed by atoms with Gasteiger partial charge in [-0.1, -0.05) is 54.4 Å². The second kappa shape index (κ2) is 9.73. The van der Waals surface area contributed by atoms with Crippen LogP contribution in [0.5, 0.6) is 0 Å². The fourth-order valence-electron chi connectivity index (χ4n) is 3.77. The van der Waals surface area contributed by atoms with Gasteiger partial charge in [-0.05, 0) is 38.0 Å². The van der Waals surface area contributed by atoms with Crippen LogP contribution in [0.2, 0.25) is 0 Å². The van der Waals surface area contributed by atoms with Crippen molar-refractivity contribution in [3.8, 4) is 0 Å². The Labute approximate surface area is 179 Å². The molecule has 1 atom stereocenters. The van der Waals surface area contributed by atoms with E-state index in [1.54, 1.807) is 12.1 Å². The van der Waals surface area contributed by atoms with E-state index in [4.69, 9.17) is 0 Å². The van der Waals surface area contributed by atoms with Crippen LogP contribution >= 0.6 is 0 Å². The van der Waals surface area contributed by atoms with Crippen molar-refractivity contribution >= 4 is 15.9 Å². The molecule has 1 heterocycles. The first kappa shape index (κ1) is 22.5. The van der Waals surface area contributed by atoms with Crippen molar-refractivity contribution in [3.05, 3.63) is 65.2 Å². The molecule has 2 aromatic rings. The van der Waals surface area contributed by atoms with Crippen LogP contribution in [0, 0.1) is 13.8 Å². The summed E-state index contributed by atoms with van der Waals surface area (Å²) in [6.45, 7) is 8.51. The minimum atomic E-state index is -3.47. The third-order valence-electron chi connectivity index (χ3n) is 5.72. The van der Waals surface area contributed by atoms with Gasteiger partial charge in [0.15, 0.2) is 6.54 Å². The number of quaternary nitrogens is 1. The number of hydrogen-bond acceptors (Lipinski definition) is 3. The number of piperazine rings is 1. The van der Waals surface area contributed by atoms with Gasteiger partial charge >= 0.3 is 0 Å². The van der Waals surface area contributed by atoms with E-state index in [0.29, 0.717) is 37.6 Å². The SMILES string of the molecule is CC[C@@H](NC(=O)C[NH+]1CCN(S(=O)(=O)c2ccc(C)cc2)CC1)c1ccc(C)cc1. The van der Waals surface area contributed by atoms with Gasteiger partial charge in [-0.25, -0.2) is 8.42 Å². The average molecular weight is 431 g/mol. The predicted molar refractivity (Wildman–Crippen MR) is 118 cm³/mol. The summed E-state index contributed by atoms with van der Waals surface area (Å²) < 4.78 is 27.2. The second-order valence-electron chi connectivity index (χ2n) is 8.08. The van der Waals surface area contributed by atoms with Crippen LogP contribution in [-0.2, 0) is 14.8 Å². The van der Waals surface area contributed by atoms with Gasteiger partial charge in [0.05, 0.1) is 37.1 Å². The maximum Gasteiger partial charge on any atom is 0.275 e. The normalized spacial score (nSPS) is 16.9. The van der Waals surface area contributed by atoms with Crippen LogP contribution in [0.3, 0.4) is 0 Å². The average Bonchev–Trinajstić information content (AvgIpc) is 2.73. The summed E-state index contributed by atoms with van der Waals surface area (Å²) in [5.74, 6) is 0.00673. The summed E-state index contributed by atoms with van der Waals surface area (Å²) in [4.78, 5) is 14.0. The number of amides is 1. The zero-order valence-corrected chi connectivity index (χ0v) is 18.8. The maximum atomic E-state index is 12.8. The molecule has 30 heavy (non-hydrogen) atoms. The fourth-order valence-corrected chi connectivity index (χ4v) is 5.21. The molecule has 0 aliphatic carbocycles. The lowest BCUT2D eigenvalue weighted by atomic mass is 10.0. The van der Waals surface area contributed by atoms with E-state index in [9.17, 15) is 13.2 Å². The van der Waals surface area contributed by atoms with Crippen molar-refractivity contribution < 1.29 is 18.1 Å². The van der Waals surface area contributed by atoms with E-state index < -0.39 is 10.0 Å². The highest BCUT2D eigenvalue weighted by molar-refractivity contribution is 7.89. The molecule has 0 saturated carbocycles. The van der Waals surface area contributed by atoms with Crippen molar-refractivity contribution in [2.75, 3.05) is 32.7 Å². The highest BCUT2D eigenvalue weighted by Gasteiger charge is 2.31. The molecular weight excluding hydrogens is 398 g/mol. The Morgan fingerprint density at radius 3 is 2.07 bits per heavy atom. The largest absolute Gasteiger partial charge is 0.344 e. The number of nitrogens with one attached hydrogen (secondary N) is 2. The monoisotopic (exact) mass is 430 g/mol. The van der Waals surface area contributed by atoms with Crippen molar-refractivity contribution in [3.63, 3.8) is 0 Å². The number of carbonyl (C=O) groups is 1. The van der Waals surface area contributed by atoms with Crippen molar-refractivity contribution in [1.82, 2.24) is 9.62 Å². The zero-order chi connectivity index (χ0) is 21.7. The minimum absolute atomic E-state index is 0.000652. The van der Waals surface area contributed by atoms with Gasteiger partial charge in [-0.3, -0.25) is 4.79 Å². The lowest BCUT2D eigenvalue weighted by molar-refractivity contribution is -0.895. The lowest BCUT2D eigenvalue weighted by Crippen LogP contribution is -3.15. The molecule has 0 aromatic heterocycles. The summed E-state index contributed by atoms with van der Waals surface area (Å²) in [7, 11) is -3.47. The Balaban J connectivity index is 1.53. The molecule has 7 heteroatoms. The van der Waals surface area contributed by atoms with E-state index in [1.807, 2.05) is 26.0 Å². The summed E-state index contributed by atoms with van der Waals surface area (Å²) in [5, 5.41) is 3.13. The molecule has 0 bridgehead atoms. The third-order valence-corrected chi connectivity index (χ3v) is 7.63. The van der Waals surface area contributed by atoms with Crippen LogP contribution < -0.4 is 10.2 Å². The lowest BCUT2D eigenvalue weighted by Gasteiger charge is -2.31. The molecule has 1 amide bonds. The highest BCUT2D eigenvalue weighted by atomic mass is 32.2. The molecular formula is C23H32N3O3S+. The maximum absolute atomic E-state index is 12.8. The van der Waals surface area contributed by atoms with Crippen LogP contribution in [0.1, 0.15) is 36.1 Å². The zero-order valence-electron chi connectivity index (χ0n) is 18.0. The molecule has 1 fully saturated rings. The first-order valence-corrected chi connectivity index (χ1v) is 12.0. The Morgan fingerprint density at radius 2 is 1.53 bits per heavy atom. The number of carbonyl (C=O) groups excluding carboxylic acids is 1. The van der Waals surface area contributed by atoms with Crippen molar-refractivity contribution in [1.29, 1.82) is 0 Å². The summed E-state index contributed by atoms with van der Waals surface area (Å²) in [6, 6.07) is 15.2. The number of rotatable bonds is 7. The molecule has 0 spiro atoms. The molecule has 0 unspecified atom stereocenters. The molecule has 2 aromatic carbocycles. The second-order valence-corrected chi connectivity index (χ2v) is 10.0. The van der Waals surface area contributed by atoms with Gasteiger partial charge < -0.3 is 10.2 Å². The van der Waals surface area contributed by atoms with Gasteiger partial charge in [-0.15, -0.1) is 0 Å². The summed E-state index contributed by atoms with van der Waals surface area (Å²) >= 11 is 0. The summed E-state index contributed by atoms with van der Waals surface area (Å²) in [6.07, 6.45) is 0.826. The van der Waals surface area contributed by atoms with E-state index >= 15 is 0 Å². The number of nitrogens with zero attached hydrogens (tertiary/aromatic N) is 1. The topological polar surface area (TPSA) is 70.9 Å². The molecule has 2 N–H and O–H groups in total. The van der Waals surface area contributed by atoms with E-state index in [1.165, 1.54) is 9.87 Å². The Bertz CT molecular complexity index is 948. The first-order valence-electron chi connectivity index (χ1n) is 10.6. The number of benzene rings is 2. The van der Waals surface area contributed by atoms with Gasteiger partial charge in [0.25, 0.3) is 5.91 Å². The van der Waals surface area contributed by atoms with E-state index in [0.717, 1.165) is 22.4 Å². The smallest absolute Gasteiger partial charge is 0.275 e. The first-order chi connectivity index (χ1) is 14.3. The van der Waals surface area contributed by atoms with Crippen molar-refractivity contribution in [2.45, 2.75) is 38.1 Å². The predicted octanol–water partition coefficient (Wildman–Crippen LogP) is 1.46. The Hall–Kier alpha value is -2.22. The molecule has 1 aliphatic heterocycles. The van der Waals surface area contributed by atoms with Gasteiger partial charge in [0.1, 0.15) is 0 Å². The molecule has 6 nitrogen and oxygen atoms in total. The summed E-state index contributed by atoms with van der Waals surface area (Å²) in [5.41, 5.74) is 3.34. The minimum Gasteiger partial charge on any atom is -0.344 e. The number of aryl methyl sites for hydroxylation is 2. The number of hydrogen-bond donors (Lipinski definition) is 2. The standard InChI is InChI=1S/C23H31N3O3S/c1-4-22(20-9-5-18(2)6-10-20)24-23(27)17-25-13-15-26(16-14-25)30(28,29)21-11-7-19(3)8-12-21/h5-12,22H,4,13-17H2,1-3H3,(H,24,27)/p+1/t22-/m1/s1. The van der Waals surface area contributed by atoms with E-state index in [-0.39, 0.29) is 11.9 Å². The Kier molecular flexibility index (Phi) is 7.28. The van der Waals surface area contributed by atoms with Crippen LogP contribution in [0.15, 0.2) is 53.4 Å². The molecule has 3 rings (SSSR count). The third kappa shape index (κ3) is 5.47. The molecule has 0 radical (unpaired) electrons. The molecule has 162 valence electrons. The molecule has 1 aliphatic rings. The molecule has 1 saturated heterocycles. The van der Waals surface area contributed by atoms with E-state index in [2.05, 4.69) is 36.5 Å². The van der Waals surface area contributed by atoms with Crippen molar-refractivity contribution in [2.24, 2.45) is 0 Å². The number of sulfonamides is 1. The fraction of sp³-hybridized carbons (Fsp3) is 0.435. The van der Waals surface area contributed by atoms with Gasteiger partial charge in [0, 0.05) is 0 Å². The van der Waals surface area contributed by atoms with Crippen LogP contribution in [0.4, 0.5) is 0 Å². The Morgan fingerprint density at radius 1 is 1.00 bits per heavy atom. The highest BCUT2D eigenvalue weighted by Crippen LogP contribution is 2.17. The van der Waals surface area contributed by atoms with Crippen LogP contribution in [0.25, 0.3) is 0 Å². The quantitative estimate of drug-likeness (QED) is 0.699. The van der Waals surface area contributed by atoms with Gasteiger partial charge in [-0.2, -0.15) is 4.31 Å². The van der Waals surface area contributed by atoms with Gasteiger partial charge in [0.2, 0.25) is 10.0 Å².